The van der Waals surface area contributed by atoms with Crippen LogP contribution < -0.4 is 5.48 Å². The van der Waals surface area contributed by atoms with E-state index in [4.69, 9.17) is 16.4 Å². The minimum atomic E-state index is 0.500. The minimum absolute atomic E-state index is 0.500. The van der Waals surface area contributed by atoms with Crippen LogP contribution in [-0.2, 0) is 11.4 Å². The number of hydrogen-bond donors (Lipinski definition) is 1. The van der Waals surface area contributed by atoms with Crippen LogP contribution in [0.3, 0.4) is 0 Å². The molecule has 0 unspecified atom stereocenters. The lowest BCUT2D eigenvalue weighted by molar-refractivity contribution is 0.0650. The summed E-state index contributed by atoms with van der Waals surface area (Å²) >= 11 is 5.95. The van der Waals surface area contributed by atoms with Gasteiger partial charge in [-0.15, -0.1) is 5.10 Å². The molecular formula is C11H12ClN3O. The Hall–Kier alpha value is -1.39. The number of hydroxylamine groups is 1. The Morgan fingerprint density at radius 1 is 1.44 bits per heavy atom. The van der Waals surface area contributed by atoms with Crippen LogP contribution in [0.25, 0.3) is 0 Å². The molecule has 1 aromatic rings. The summed E-state index contributed by atoms with van der Waals surface area (Å²) in [5, 5.41) is 8.74. The molecule has 0 saturated heterocycles. The molecule has 0 aromatic heterocycles. The van der Waals surface area contributed by atoms with E-state index in [1.54, 1.807) is 0 Å². The van der Waals surface area contributed by atoms with Gasteiger partial charge in [-0.25, -0.2) is 5.48 Å². The van der Waals surface area contributed by atoms with E-state index in [1.165, 1.54) is 0 Å². The Labute approximate surface area is 98.9 Å². The average Bonchev–Trinajstić information content (AvgIpc) is 2.26. The van der Waals surface area contributed by atoms with Crippen molar-refractivity contribution in [3.8, 4) is 0 Å². The molecule has 0 saturated carbocycles. The fraction of sp³-hybridized carbons (Fsp3) is 0.273. The zero-order valence-electron chi connectivity index (χ0n) is 9.12. The van der Waals surface area contributed by atoms with Crippen molar-refractivity contribution in [2.45, 2.75) is 20.5 Å². The van der Waals surface area contributed by atoms with Crippen molar-refractivity contribution < 1.29 is 4.84 Å². The van der Waals surface area contributed by atoms with Gasteiger partial charge in [0.1, 0.15) is 6.61 Å². The molecule has 4 nitrogen and oxygen atoms in total. The molecule has 1 N–H and O–H groups in total. The zero-order chi connectivity index (χ0) is 11.5. The number of halogens is 1. The first-order valence-electron chi connectivity index (χ1n) is 4.92. The van der Waals surface area contributed by atoms with Crippen LogP contribution in [0.1, 0.15) is 25.0 Å². The lowest BCUT2D eigenvalue weighted by Crippen LogP contribution is -2.30. The van der Waals surface area contributed by atoms with Crippen LogP contribution >= 0.6 is 11.6 Å². The van der Waals surface area contributed by atoms with Gasteiger partial charge in [-0.2, -0.15) is 5.10 Å². The third-order valence-electron chi connectivity index (χ3n) is 2.07. The van der Waals surface area contributed by atoms with Crippen LogP contribution in [0.5, 0.6) is 0 Å². The van der Waals surface area contributed by atoms with Gasteiger partial charge in [0.05, 0.1) is 0 Å². The molecular weight excluding hydrogens is 226 g/mol. The van der Waals surface area contributed by atoms with E-state index in [0.717, 1.165) is 16.8 Å². The third-order valence-corrected chi connectivity index (χ3v) is 2.31. The number of amidine groups is 1. The van der Waals surface area contributed by atoms with E-state index < -0.39 is 0 Å². The van der Waals surface area contributed by atoms with Gasteiger partial charge < -0.3 is 0 Å². The maximum absolute atomic E-state index is 5.95. The number of benzene rings is 1. The highest BCUT2D eigenvalue weighted by Gasteiger charge is 2.15. The molecule has 1 aliphatic heterocycles. The first-order chi connectivity index (χ1) is 7.66. The monoisotopic (exact) mass is 237 g/mol. The Kier molecular flexibility index (Phi) is 3.22. The van der Waals surface area contributed by atoms with Gasteiger partial charge in [0.2, 0.25) is 0 Å². The summed E-state index contributed by atoms with van der Waals surface area (Å²) in [6, 6.07) is 5.61. The molecule has 0 amide bonds. The summed E-state index contributed by atoms with van der Waals surface area (Å²) in [5.41, 5.74) is 5.60. The van der Waals surface area contributed by atoms with E-state index >= 15 is 0 Å². The quantitative estimate of drug-likeness (QED) is 0.603. The Morgan fingerprint density at radius 3 is 3.00 bits per heavy atom. The van der Waals surface area contributed by atoms with Crippen molar-refractivity contribution in [3.05, 3.63) is 34.3 Å². The summed E-state index contributed by atoms with van der Waals surface area (Å²) < 4.78 is 0. The second kappa shape index (κ2) is 4.63. The molecule has 0 bridgehead atoms. The molecule has 2 rings (SSSR count). The molecule has 0 atom stereocenters. The van der Waals surface area contributed by atoms with Crippen LogP contribution in [0.15, 0.2) is 28.4 Å². The Balaban J connectivity index is 2.43. The van der Waals surface area contributed by atoms with Gasteiger partial charge in [0.25, 0.3) is 0 Å². The van der Waals surface area contributed by atoms with Crippen molar-refractivity contribution in [1.29, 1.82) is 0 Å². The number of fused-ring (bicyclic) bond motifs is 1. The van der Waals surface area contributed by atoms with Crippen molar-refractivity contribution in [3.63, 3.8) is 0 Å². The second-order valence-electron chi connectivity index (χ2n) is 3.69. The number of nitrogens with one attached hydrogen (secondary N) is 1. The van der Waals surface area contributed by atoms with Crippen molar-refractivity contribution in [2.24, 2.45) is 10.2 Å². The van der Waals surface area contributed by atoms with Gasteiger partial charge in [-0.3, -0.25) is 4.84 Å². The highest BCUT2D eigenvalue weighted by atomic mass is 35.5. The lowest BCUT2D eigenvalue weighted by atomic mass is 10.1. The standard InChI is InChI=1S/C11H12ClN3O/c1-7(2)13-14-11-10-5-9(12)4-3-8(10)6-16-15-11/h3-5H,6H2,1-2H3,(H,14,15). The van der Waals surface area contributed by atoms with Gasteiger partial charge >= 0.3 is 0 Å². The molecule has 0 aliphatic carbocycles. The number of rotatable bonds is 1. The van der Waals surface area contributed by atoms with Crippen molar-refractivity contribution in [1.82, 2.24) is 5.48 Å². The SMILES string of the molecule is CC(C)=NN=C1NOCc2ccc(Cl)cc21. The van der Waals surface area contributed by atoms with Gasteiger partial charge in [-0.1, -0.05) is 17.7 Å². The highest BCUT2D eigenvalue weighted by Crippen LogP contribution is 2.19. The normalized spacial score (nSPS) is 16.6. The van der Waals surface area contributed by atoms with Crippen LogP contribution in [0.2, 0.25) is 5.02 Å². The maximum Gasteiger partial charge on any atom is 0.180 e. The largest absolute Gasteiger partial charge is 0.270 e. The summed E-state index contributed by atoms with van der Waals surface area (Å²) in [4.78, 5) is 5.19. The van der Waals surface area contributed by atoms with Gasteiger partial charge in [-0.05, 0) is 31.5 Å². The van der Waals surface area contributed by atoms with Crippen LogP contribution in [0, 0.1) is 0 Å². The average molecular weight is 238 g/mol. The third kappa shape index (κ3) is 2.40. The number of nitrogens with zero attached hydrogens (tertiary/aromatic N) is 2. The maximum atomic E-state index is 5.95. The summed E-state index contributed by atoms with van der Waals surface area (Å²) in [6.45, 7) is 4.26. The summed E-state index contributed by atoms with van der Waals surface area (Å²) in [6.07, 6.45) is 0. The highest BCUT2D eigenvalue weighted by molar-refractivity contribution is 6.31. The van der Waals surface area contributed by atoms with Gasteiger partial charge in [0, 0.05) is 16.3 Å². The first-order valence-corrected chi connectivity index (χ1v) is 5.30. The van der Waals surface area contributed by atoms with Crippen molar-refractivity contribution in [2.75, 3.05) is 0 Å². The molecule has 84 valence electrons. The molecule has 0 radical (unpaired) electrons. The number of hydrogen-bond acceptors (Lipinski definition) is 3. The van der Waals surface area contributed by atoms with E-state index in [2.05, 4.69) is 15.7 Å². The molecule has 0 fully saturated rings. The molecule has 0 spiro atoms. The smallest absolute Gasteiger partial charge is 0.180 e. The Morgan fingerprint density at radius 2 is 2.25 bits per heavy atom. The van der Waals surface area contributed by atoms with E-state index in [9.17, 15) is 0 Å². The Bertz CT molecular complexity index is 464. The lowest BCUT2D eigenvalue weighted by Gasteiger charge is -2.18. The van der Waals surface area contributed by atoms with E-state index in [1.807, 2.05) is 32.0 Å². The molecule has 1 aliphatic rings. The fourth-order valence-electron chi connectivity index (χ4n) is 1.36. The van der Waals surface area contributed by atoms with Crippen LogP contribution in [-0.4, -0.2) is 11.5 Å². The predicted molar refractivity (Wildman–Crippen MR) is 64.7 cm³/mol. The first kappa shape index (κ1) is 11.1. The summed E-state index contributed by atoms with van der Waals surface area (Å²) in [5.74, 6) is 0.588. The van der Waals surface area contributed by atoms with Crippen molar-refractivity contribution >= 4 is 23.1 Å². The van der Waals surface area contributed by atoms with E-state index in [0.29, 0.717) is 17.5 Å². The predicted octanol–water partition coefficient (Wildman–Crippen LogP) is 2.52. The van der Waals surface area contributed by atoms with E-state index in [-0.39, 0.29) is 0 Å². The summed E-state index contributed by atoms with van der Waals surface area (Å²) in [7, 11) is 0. The topological polar surface area (TPSA) is 46.0 Å². The minimum Gasteiger partial charge on any atom is -0.270 e. The van der Waals surface area contributed by atoms with Gasteiger partial charge in [0.15, 0.2) is 5.84 Å². The van der Waals surface area contributed by atoms with Crippen LogP contribution in [0.4, 0.5) is 0 Å². The zero-order valence-corrected chi connectivity index (χ0v) is 9.88. The molecule has 16 heavy (non-hydrogen) atoms. The molecule has 1 aromatic carbocycles. The second-order valence-corrected chi connectivity index (χ2v) is 4.12. The molecule has 1 heterocycles. The molecule has 5 heteroatoms. The fourth-order valence-corrected chi connectivity index (χ4v) is 1.53.